The lowest BCUT2D eigenvalue weighted by Gasteiger charge is -2.15. The van der Waals surface area contributed by atoms with Gasteiger partial charge in [-0.05, 0) is 37.4 Å². The molecule has 1 aromatic rings. The van der Waals surface area contributed by atoms with Crippen LogP contribution in [0, 0.1) is 12.8 Å². The van der Waals surface area contributed by atoms with Gasteiger partial charge in [0.15, 0.2) is 0 Å². The molecular weight excluding hydrogens is 212 g/mol. The molecule has 1 amide bonds. The number of carbonyl (C=O) groups excluding carboxylic acids is 1. The fourth-order valence-electron chi connectivity index (χ4n) is 1.85. The van der Waals surface area contributed by atoms with Gasteiger partial charge in [-0.1, -0.05) is 31.5 Å². The van der Waals surface area contributed by atoms with Crippen molar-refractivity contribution in [3.63, 3.8) is 0 Å². The number of rotatable bonds is 6. The van der Waals surface area contributed by atoms with Gasteiger partial charge in [0.2, 0.25) is 0 Å². The molecule has 0 fully saturated rings. The lowest BCUT2D eigenvalue weighted by Crippen LogP contribution is -2.30. The van der Waals surface area contributed by atoms with E-state index in [-0.39, 0.29) is 5.91 Å². The fourth-order valence-corrected chi connectivity index (χ4v) is 1.85. The van der Waals surface area contributed by atoms with Crippen LogP contribution in [0.4, 0.5) is 0 Å². The molecule has 0 aliphatic carbocycles. The predicted molar refractivity (Wildman–Crippen MR) is 71.0 cm³/mol. The van der Waals surface area contributed by atoms with Gasteiger partial charge in [0.25, 0.3) is 5.91 Å². The van der Waals surface area contributed by atoms with Crippen LogP contribution >= 0.6 is 0 Å². The third-order valence-electron chi connectivity index (χ3n) is 3.09. The zero-order valence-electron chi connectivity index (χ0n) is 10.7. The summed E-state index contributed by atoms with van der Waals surface area (Å²) in [6, 6.07) is 7.63. The quantitative estimate of drug-likeness (QED) is 0.792. The van der Waals surface area contributed by atoms with Gasteiger partial charge in [0, 0.05) is 12.1 Å². The Bertz CT molecular complexity index is 363. The Morgan fingerprint density at radius 3 is 2.71 bits per heavy atom. The van der Waals surface area contributed by atoms with E-state index in [9.17, 15) is 4.79 Å². The molecule has 1 aromatic carbocycles. The zero-order valence-corrected chi connectivity index (χ0v) is 10.7. The molecule has 3 N–H and O–H groups in total. The minimum Gasteiger partial charge on any atom is -0.352 e. The van der Waals surface area contributed by atoms with E-state index >= 15 is 0 Å². The van der Waals surface area contributed by atoms with Crippen molar-refractivity contribution in [1.29, 1.82) is 0 Å². The average Bonchev–Trinajstić information content (AvgIpc) is 2.34. The standard InChI is InChI=1S/C14H22N2O/c1-3-12(8-9-15)10-16-14(17)13-7-5-4-6-11(13)2/h4-7,12H,3,8-10,15H2,1-2H3,(H,16,17). The minimum absolute atomic E-state index is 0.0126. The Morgan fingerprint density at radius 2 is 2.12 bits per heavy atom. The second-order valence-corrected chi connectivity index (χ2v) is 4.38. The van der Waals surface area contributed by atoms with Gasteiger partial charge in [0.1, 0.15) is 0 Å². The van der Waals surface area contributed by atoms with Gasteiger partial charge in [-0.2, -0.15) is 0 Å². The van der Waals surface area contributed by atoms with Crippen LogP contribution in [0.15, 0.2) is 24.3 Å². The zero-order chi connectivity index (χ0) is 12.7. The maximum Gasteiger partial charge on any atom is 0.251 e. The number of benzene rings is 1. The van der Waals surface area contributed by atoms with Crippen LogP contribution in [0.25, 0.3) is 0 Å². The summed E-state index contributed by atoms with van der Waals surface area (Å²) >= 11 is 0. The summed E-state index contributed by atoms with van der Waals surface area (Å²) < 4.78 is 0. The van der Waals surface area contributed by atoms with Crippen molar-refractivity contribution in [3.05, 3.63) is 35.4 Å². The van der Waals surface area contributed by atoms with E-state index in [1.807, 2.05) is 31.2 Å². The maximum atomic E-state index is 11.9. The Hall–Kier alpha value is -1.35. The highest BCUT2D eigenvalue weighted by Crippen LogP contribution is 2.08. The van der Waals surface area contributed by atoms with E-state index in [0.29, 0.717) is 19.0 Å². The summed E-state index contributed by atoms with van der Waals surface area (Å²) in [5, 5.41) is 2.98. The largest absolute Gasteiger partial charge is 0.352 e. The smallest absolute Gasteiger partial charge is 0.251 e. The maximum absolute atomic E-state index is 11.9. The van der Waals surface area contributed by atoms with Crippen LogP contribution in [0.3, 0.4) is 0 Å². The lowest BCUT2D eigenvalue weighted by atomic mass is 10.0. The van der Waals surface area contributed by atoms with Crippen molar-refractivity contribution >= 4 is 5.91 Å². The molecule has 0 heterocycles. The van der Waals surface area contributed by atoms with E-state index in [0.717, 1.165) is 24.0 Å². The highest BCUT2D eigenvalue weighted by atomic mass is 16.1. The van der Waals surface area contributed by atoms with Crippen molar-refractivity contribution in [2.75, 3.05) is 13.1 Å². The van der Waals surface area contributed by atoms with Gasteiger partial charge >= 0.3 is 0 Å². The highest BCUT2D eigenvalue weighted by molar-refractivity contribution is 5.95. The normalized spacial score (nSPS) is 12.2. The first-order valence-electron chi connectivity index (χ1n) is 6.23. The number of carbonyl (C=O) groups is 1. The van der Waals surface area contributed by atoms with Gasteiger partial charge in [-0.3, -0.25) is 4.79 Å². The van der Waals surface area contributed by atoms with Gasteiger partial charge in [-0.15, -0.1) is 0 Å². The van der Waals surface area contributed by atoms with E-state index in [1.54, 1.807) is 0 Å². The summed E-state index contributed by atoms with van der Waals surface area (Å²) in [4.78, 5) is 11.9. The molecular formula is C14H22N2O. The predicted octanol–water partition coefficient (Wildman–Crippen LogP) is 2.10. The Labute approximate surface area is 103 Å². The topological polar surface area (TPSA) is 55.1 Å². The van der Waals surface area contributed by atoms with Crippen LogP contribution in [-0.4, -0.2) is 19.0 Å². The second-order valence-electron chi connectivity index (χ2n) is 4.38. The number of hydrogen-bond donors (Lipinski definition) is 2. The number of aryl methyl sites for hydroxylation is 1. The van der Waals surface area contributed by atoms with Crippen LogP contribution in [0.2, 0.25) is 0 Å². The molecule has 0 aromatic heterocycles. The third kappa shape index (κ3) is 4.19. The molecule has 17 heavy (non-hydrogen) atoms. The first-order valence-corrected chi connectivity index (χ1v) is 6.23. The van der Waals surface area contributed by atoms with Crippen molar-refractivity contribution in [2.45, 2.75) is 26.7 Å². The Morgan fingerprint density at radius 1 is 1.41 bits per heavy atom. The number of amides is 1. The summed E-state index contributed by atoms with van der Waals surface area (Å²) in [7, 11) is 0. The monoisotopic (exact) mass is 234 g/mol. The molecule has 0 bridgehead atoms. The number of nitrogens with two attached hydrogens (primary N) is 1. The molecule has 0 aliphatic heterocycles. The minimum atomic E-state index is 0.0126. The molecule has 3 heteroatoms. The SMILES string of the molecule is CCC(CCN)CNC(=O)c1ccccc1C. The lowest BCUT2D eigenvalue weighted by molar-refractivity contribution is 0.0945. The molecule has 1 atom stereocenters. The molecule has 0 saturated carbocycles. The van der Waals surface area contributed by atoms with E-state index in [2.05, 4.69) is 12.2 Å². The van der Waals surface area contributed by atoms with Crippen LogP contribution in [0.5, 0.6) is 0 Å². The van der Waals surface area contributed by atoms with E-state index in [1.165, 1.54) is 0 Å². The van der Waals surface area contributed by atoms with Crippen LogP contribution < -0.4 is 11.1 Å². The van der Waals surface area contributed by atoms with Crippen molar-refractivity contribution in [1.82, 2.24) is 5.32 Å². The molecule has 1 rings (SSSR count). The van der Waals surface area contributed by atoms with Crippen molar-refractivity contribution in [3.8, 4) is 0 Å². The third-order valence-corrected chi connectivity index (χ3v) is 3.09. The molecule has 0 spiro atoms. The molecule has 0 radical (unpaired) electrons. The summed E-state index contributed by atoms with van der Waals surface area (Å²) in [6.07, 6.45) is 2.01. The summed E-state index contributed by atoms with van der Waals surface area (Å²) in [6.45, 7) is 5.46. The molecule has 1 unspecified atom stereocenters. The van der Waals surface area contributed by atoms with Gasteiger partial charge in [-0.25, -0.2) is 0 Å². The summed E-state index contributed by atoms with van der Waals surface area (Å²) in [5.41, 5.74) is 7.30. The average molecular weight is 234 g/mol. The number of nitrogens with one attached hydrogen (secondary N) is 1. The van der Waals surface area contributed by atoms with E-state index < -0.39 is 0 Å². The van der Waals surface area contributed by atoms with Gasteiger partial charge < -0.3 is 11.1 Å². The molecule has 0 aliphatic rings. The molecule has 3 nitrogen and oxygen atoms in total. The second kappa shape index (κ2) is 7.07. The van der Waals surface area contributed by atoms with Crippen LogP contribution in [0.1, 0.15) is 35.7 Å². The first kappa shape index (κ1) is 13.7. The molecule has 0 saturated heterocycles. The highest BCUT2D eigenvalue weighted by Gasteiger charge is 2.10. The molecule has 94 valence electrons. The van der Waals surface area contributed by atoms with Gasteiger partial charge in [0.05, 0.1) is 0 Å². The van der Waals surface area contributed by atoms with Crippen molar-refractivity contribution < 1.29 is 4.79 Å². The summed E-state index contributed by atoms with van der Waals surface area (Å²) in [5.74, 6) is 0.492. The van der Waals surface area contributed by atoms with Crippen molar-refractivity contribution in [2.24, 2.45) is 11.7 Å². The first-order chi connectivity index (χ1) is 8.19. The number of hydrogen-bond acceptors (Lipinski definition) is 2. The Balaban J connectivity index is 2.52. The Kier molecular flexibility index (Phi) is 5.70. The fraction of sp³-hybridized carbons (Fsp3) is 0.500. The van der Waals surface area contributed by atoms with Crippen LogP contribution in [-0.2, 0) is 0 Å². The van der Waals surface area contributed by atoms with E-state index in [4.69, 9.17) is 5.73 Å².